The molecule has 8 rings (SSSR count). The van der Waals surface area contributed by atoms with Crippen LogP contribution in [0.1, 0.15) is 78.5 Å². The van der Waals surface area contributed by atoms with Crippen molar-refractivity contribution >= 4 is 27.8 Å². The average molecular weight is 961 g/mol. The molecule has 0 spiro atoms. The van der Waals surface area contributed by atoms with Crippen LogP contribution < -0.4 is 6.54 Å². The maximum absolute atomic E-state index is 15.1. The quantitative estimate of drug-likeness (QED) is 0.146. The predicted octanol–water partition coefficient (Wildman–Crippen LogP) is 15.8. The minimum absolute atomic E-state index is 0.161. The van der Waals surface area contributed by atoms with Gasteiger partial charge in [-0.1, -0.05) is 0 Å². The summed E-state index contributed by atoms with van der Waals surface area (Å²) >= 11 is -8.61. The molecule has 2 aliphatic carbocycles. The van der Waals surface area contributed by atoms with E-state index in [9.17, 15) is 0 Å². The molecule has 0 saturated heterocycles. The second-order valence-electron chi connectivity index (χ2n) is 19.9. The molecule has 2 aliphatic rings. The summed E-state index contributed by atoms with van der Waals surface area (Å²) in [5, 5.41) is 0. The van der Waals surface area contributed by atoms with E-state index in [-0.39, 0.29) is 6.54 Å². The van der Waals surface area contributed by atoms with Crippen molar-refractivity contribution in [3.63, 3.8) is 0 Å². The second-order valence-corrected chi connectivity index (χ2v) is 55.6. The van der Waals surface area contributed by atoms with Gasteiger partial charge in [0.2, 0.25) is 0 Å². The van der Waals surface area contributed by atoms with Crippen LogP contribution in [0.5, 0.6) is 0 Å². The maximum atomic E-state index is 15.1. The van der Waals surface area contributed by atoms with Gasteiger partial charge >= 0.3 is 364 Å². The van der Waals surface area contributed by atoms with Crippen LogP contribution in [0.25, 0.3) is 33.4 Å². The molecule has 320 valence electrons. The van der Waals surface area contributed by atoms with Gasteiger partial charge in [-0.05, 0) is 0 Å². The van der Waals surface area contributed by atoms with Gasteiger partial charge in [0.1, 0.15) is 0 Å². The molecule has 0 aliphatic heterocycles. The topological polar surface area (TPSA) is 0 Å². The third kappa shape index (κ3) is 6.30. The summed E-state index contributed by atoms with van der Waals surface area (Å²) in [6, 6.07) is 36.9. The van der Waals surface area contributed by atoms with Crippen molar-refractivity contribution < 1.29 is 39.3 Å². The zero-order valence-corrected chi connectivity index (χ0v) is 39.4. The molecular weight excluding hydrogens is 913 g/mol. The fraction of sp³-hybridized carbons (Fsp3) is 0.226. The van der Waals surface area contributed by atoms with Crippen LogP contribution in [0.2, 0.25) is 3.63 Å². The Kier molecular flexibility index (Phi) is 9.56. The van der Waals surface area contributed by atoms with E-state index in [1.165, 1.54) is 24.3 Å². The van der Waals surface area contributed by atoms with Crippen molar-refractivity contribution in [3.05, 3.63) is 191 Å². The Bertz CT molecular complexity index is 2800. The zero-order valence-electron chi connectivity index (χ0n) is 35.4. The van der Waals surface area contributed by atoms with Crippen LogP contribution in [-0.2, 0) is 36.1 Å². The Morgan fingerprint density at radius 1 is 0.468 bits per heavy atom. The molecule has 62 heavy (non-hydrogen) atoms. The number of fused-ring (bicyclic) bond motifs is 3. The molecule has 0 nitrogen and oxygen atoms in total. The van der Waals surface area contributed by atoms with Gasteiger partial charge in [0.25, 0.3) is 0 Å². The average Bonchev–Trinajstić information content (AvgIpc) is 3.89. The van der Waals surface area contributed by atoms with Crippen LogP contribution in [0.3, 0.4) is 0 Å². The number of hydrogen-bond acceptors (Lipinski definition) is 0. The van der Waals surface area contributed by atoms with Gasteiger partial charge in [0, 0.05) is 0 Å². The van der Waals surface area contributed by atoms with Crippen molar-refractivity contribution in [3.8, 4) is 33.4 Å². The fourth-order valence-corrected chi connectivity index (χ4v) is 38.5. The molecule has 0 radical (unpaired) electrons. The first kappa shape index (κ1) is 44.3. The molecular formula is C53H48Cl2F6Zr. The zero-order chi connectivity index (χ0) is 45.0. The summed E-state index contributed by atoms with van der Waals surface area (Å²) in [7, 11) is 18.3. The Morgan fingerprint density at radius 3 is 1.18 bits per heavy atom. The van der Waals surface area contributed by atoms with Gasteiger partial charge in [-0.25, -0.2) is 0 Å². The fourth-order valence-electron chi connectivity index (χ4n) is 10.7. The molecule has 0 N–H and O–H groups in total. The summed E-state index contributed by atoms with van der Waals surface area (Å²) in [6.07, 6.45) is -2.94. The van der Waals surface area contributed by atoms with E-state index in [0.29, 0.717) is 11.1 Å². The first-order valence-electron chi connectivity index (χ1n) is 20.7. The summed E-state index contributed by atoms with van der Waals surface area (Å²) in [6.45, 7) is 12.7. The second kappa shape index (κ2) is 13.4. The van der Waals surface area contributed by atoms with E-state index in [1.807, 2.05) is 72.8 Å². The van der Waals surface area contributed by atoms with E-state index in [1.54, 1.807) is 24.3 Å². The number of hydrogen-bond donors (Lipinski definition) is 0. The summed E-state index contributed by atoms with van der Waals surface area (Å²) in [4.78, 5) is 0. The van der Waals surface area contributed by atoms with Gasteiger partial charge in [-0.15, -0.1) is 0 Å². The number of alkyl halides is 6. The number of benzene rings is 6. The summed E-state index contributed by atoms with van der Waals surface area (Å²) < 4.78 is 93.0. The third-order valence-electron chi connectivity index (χ3n) is 13.9. The van der Waals surface area contributed by atoms with E-state index < -0.39 is 54.5 Å². The molecule has 0 atom stereocenters. The molecule has 9 heteroatoms. The molecule has 0 fully saturated rings. The van der Waals surface area contributed by atoms with Gasteiger partial charge in [0.05, 0.1) is 0 Å². The predicted molar refractivity (Wildman–Crippen MR) is 245 cm³/mol. The summed E-state index contributed by atoms with van der Waals surface area (Å²) in [5.74, 6) is 0. The SMILES string of the molecule is [CH2]=[Zr]([Cl])([Cl])([c]1cccc(C(F)(F)F)c1)([c]1cccc(C(F)(F)F)c1)([CH]1C=CC=C1)[CH]1c2cc(-c3ccccc3)c(C(C)(C)C)cc2-c2cc(C(C)(C)C)c(-c3ccccc3)cc21. The summed E-state index contributed by atoms with van der Waals surface area (Å²) in [5.41, 5.74) is 5.06. The van der Waals surface area contributed by atoms with Gasteiger partial charge in [-0.3, -0.25) is 0 Å². The Balaban J connectivity index is 1.71. The normalized spacial score (nSPS) is 16.6. The van der Waals surface area contributed by atoms with Crippen LogP contribution in [-0.4, -0.2) is 4.21 Å². The molecule has 6 aromatic carbocycles. The van der Waals surface area contributed by atoms with Gasteiger partial charge in [0.15, 0.2) is 0 Å². The van der Waals surface area contributed by atoms with Crippen LogP contribution in [0, 0.1) is 0 Å². The Labute approximate surface area is 361 Å². The first-order chi connectivity index (χ1) is 28.6. The number of rotatable bonds is 6. The van der Waals surface area contributed by atoms with E-state index >= 15 is 26.3 Å². The van der Waals surface area contributed by atoms with Crippen LogP contribution in [0.15, 0.2) is 158 Å². The molecule has 0 aromatic heterocycles. The molecule has 0 amide bonds. The van der Waals surface area contributed by atoms with E-state index in [0.717, 1.165) is 68.8 Å². The van der Waals surface area contributed by atoms with Crippen molar-refractivity contribution in [2.24, 2.45) is 0 Å². The molecule has 0 saturated carbocycles. The standard InChI is InChI=1S/C33H33.2C7H4F3.C5H5.CH2.2ClH.Zr/c1-32(2,3)30-20-26-24(18-28(30)22-13-9-7-10-14-22)17-25-19-29(23-15-11-8-12-16-23)31(21-27(25)26)33(4,5)6;2*8-7(9,10)6-4-2-1-3-5-6;1-2-4-5-3-1;;;;/h7-21H,1-6H3;2*1-2,4-5H;1-5H;1H2;2*1H;/q;;;;;;;+2/p-2. The van der Waals surface area contributed by atoms with Crippen molar-refractivity contribution in [1.29, 1.82) is 0 Å². The van der Waals surface area contributed by atoms with Crippen molar-refractivity contribution in [2.75, 3.05) is 0 Å². The van der Waals surface area contributed by atoms with Crippen LogP contribution in [0.4, 0.5) is 26.3 Å². The molecule has 0 unspecified atom stereocenters. The van der Waals surface area contributed by atoms with Gasteiger partial charge in [-0.2, -0.15) is 0 Å². The molecule has 6 aromatic rings. The third-order valence-corrected chi connectivity index (χ3v) is 46.8. The van der Waals surface area contributed by atoms with E-state index in [4.69, 9.17) is 21.2 Å². The number of halogens is 8. The van der Waals surface area contributed by atoms with Crippen molar-refractivity contribution in [1.82, 2.24) is 0 Å². The van der Waals surface area contributed by atoms with E-state index in [2.05, 4.69) is 53.7 Å². The van der Waals surface area contributed by atoms with Gasteiger partial charge < -0.3 is 0 Å². The molecule has 0 heterocycles. The Hall–Kier alpha value is -4.29. The minimum atomic E-state index is -8.61. The van der Waals surface area contributed by atoms with Crippen molar-refractivity contribution in [2.45, 2.75) is 72.0 Å². The monoisotopic (exact) mass is 958 g/mol. The number of allylic oxidation sites excluding steroid dienone is 4. The van der Waals surface area contributed by atoms with Crippen LogP contribution >= 0.6 is 17.0 Å². The Morgan fingerprint density at radius 2 is 0.839 bits per heavy atom. The first-order valence-corrected chi connectivity index (χ1v) is 34.1. The molecule has 0 bridgehead atoms.